The second-order valence-corrected chi connectivity index (χ2v) is 33.2. The first-order chi connectivity index (χ1) is 57.5. The monoisotopic (exact) mass is 1510 g/mol. The molecule has 7 heterocycles. The first-order valence-corrected chi connectivity index (χ1v) is 41.5. The van der Waals surface area contributed by atoms with Gasteiger partial charge in [-0.05, 0) is 200 Å². The summed E-state index contributed by atoms with van der Waals surface area (Å²) in [5, 5.41) is 12.1. The van der Waals surface area contributed by atoms with Crippen molar-refractivity contribution < 1.29 is 0 Å². The number of nitrogens with zero attached hydrogens (tertiary/aromatic N) is 5. The van der Waals surface area contributed by atoms with Crippen LogP contribution in [0.1, 0.15) is 0 Å². The lowest BCUT2D eigenvalue weighted by atomic mass is 9.33. The Hall–Kier alpha value is -14.5. The summed E-state index contributed by atoms with van der Waals surface area (Å²) in [4.78, 5) is 5.39. The maximum atomic E-state index is 2.70. The molecule has 0 fully saturated rings. The van der Waals surface area contributed by atoms with Gasteiger partial charge >= 0.3 is 0 Å². The topological polar surface area (TPSA) is 21.3 Å². The molecular weight excluding hydrogens is 1440 g/mol. The van der Waals surface area contributed by atoms with Crippen LogP contribution < -0.4 is 26.2 Å². The molecule has 116 heavy (non-hydrogen) atoms. The van der Waals surface area contributed by atoms with Crippen LogP contribution in [0.25, 0.3) is 178 Å². The molecule has 0 radical (unpaired) electrons. The van der Waals surface area contributed by atoms with Gasteiger partial charge in [-0.2, -0.15) is 0 Å². The van der Waals surface area contributed by atoms with Crippen LogP contribution in [-0.2, 0) is 0 Å². The summed E-state index contributed by atoms with van der Waals surface area (Å²) in [6, 6.07) is 152. The molecule has 5 aromatic heterocycles. The normalized spacial score (nSPS) is 12.6. The van der Waals surface area contributed by atoms with E-state index >= 15 is 0 Å². The molecule has 2 aliphatic rings. The van der Waals surface area contributed by atoms with Crippen LogP contribution in [0.3, 0.4) is 0 Å². The Balaban J connectivity index is 0.908. The summed E-state index contributed by atoms with van der Waals surface area (Å²) in [7, 11) is 0. The van der Waals surface area contributed by atoms with Gasteiger partial charge in [-0.15, -0.1) is 22.7 Å². The lowest BCUT2D eigenvalue weighted by Gasteiger charge is -2.45. The van der Waals surface area contributed by atoms with Gasteiger partial charge < -0.3 is 23.5 Å². The minimum atomic E-state index is -0.265. The van der Waals surface area contributed by atoms with Crippen LogP contribution >= 0.6 is 22.7 Å². The lowest BCUT2D eigenvalue weighted by Crippen LogP contribution is -2.61. The third kappa shape index (κ3) is 9.81. The van der Waals surface area contributed by atoms with Crippen LogP contribution in [0, 0.1) is 0 Å². The fraction of sp³-hybridized carbons (Fsp3) is 0. The number of thiophene rings is 2. The third-order valence-electron chi connectivity index (χ3n) is 24.7. The minimum absolute atomic E-state index is 0.265. The second kappa shape index (κ2) is 25.5. The summed E-state index contributed by atoms with van der Waals surface area (Å²) < 4.78 is 12.8. The Morgan fingerprint density at radius 3 is 0.810 bits per heavy atom. The number of para-hydroxylation sites is 6. The van der Waals surface area contributed by atoms with Crippen molar-refractivity contribution in [3.63, 3.8) is 0 Å². The van der Waals surface area contributed by atoms with E-state index in [0.29, 0.717) is 0 Å². The highest BCUT2D eigenvalue weighted by molar-refractivity contribution is 7.26. The van der Waals surface area contributed by atoms with Crippen molar-refractivity contribution in [1.29, 1.82) is 0 Å². The van der Waals surface area contributed by atoms with Gasteiger partial charge in [-0.25, -0.2) is 0 Å². The van der Waals surface area contributed by atoms with Crippen LogP contribution in [0.15, 0.2) is 400 Å². The Labute approximate surface area is 677 Å². The highest BCUT2D eigenvalue weighted by atomic mass is 32.1. The average molecular weight is 1510 g/mol. The van der Waals surface area contributed by atoms with Crippen LogP contribution in [0.4, 0.5) is 34.1 Å². The molecule has 0 atom stereocenters. The third-order valence-corrected chi connectivity index (χ3v) is 27.0. The molecular formula is C108H66BN5S2. The Morgan fingerprint density at radius 1 is 0.181 bits per heavy atom. The van der Waals surface area contributed by atoms with Gasteiger partial charge in [0.05, 0.1) is 50.2 Å². The largest absolute Gasteiger partial charge is 0.311 e. The van der Waals surface area contributed by atoms with E-state index in [2.05, 4.69) is 424 Å². The summed E-state index contributed by atoms with van der Waals surface area (Å²) in [6.45, 7) is -0.265. The van der Waals surface area contributed by atoms with E-state index in [9.17, 15) is 0 Å². The zero-order valence-corrected chi connectivity index (χ0v) is 64.4. The smallest absolute Gasteiger partial charge is 0.252 e. The van der Waals surface area contributed by atoms with Crippen molar-refractivity contribution in [1.82, 2.24) is 13.7 Å². The number of benzene rings is 18. The highest BCUT2D eigenvalue weighted by Crippen LogP contribution is 2.54. The van der Waals surface area contributed by atoms with Gasteiger partial charge in [0.1, 0.15) is 0 Å². The molecule has 2 aliphatic heterocycles. The molecule has 8 heteroatoms. The summed E-state index contributed by atoms with van der Waals surface area (Å²) in [6.07, 6.45) is 0. The first-order valence-electron chi connectivity index (χ1n) is 39.9. The highest BCUT2D eigenvalue weighted by Gasteiger charge is 2.46. The second-order valence-electron chi connectivity index (χ2n) is 31.0. The van der Waals surface area contributed by atoms with Gasteiger partial charge in [0.15, 0.2) is 0 Å². The zero-order valence-electron chi connectivity index (χ0n) is 62.7. The van der Waals surface area contributed by atoms with E-state index in [1.807, 2.05) is 22.7 Å². The molecule has 0 unspecified atom stereocenters. The molecule has 0 aliphatic carbocycles. The van der Waals surface area contributed by atoms with E-state index in [4.69, 9.17) is 0 Å². The number of hydrogen-bond donors (Lipinski definition) is 0. The fourth-order valence-electron chi connectivity index (χ4n) is 19.7. The Bertz CT molecular complexity index is 7360. The average Bonchev–Trinajstić information content (AvgIpc) is 0.912. The van der Waals surface area contributed by atoms with Crippen molar-refractivity contribution >= 4 is 186 Å². The van der Waals surface area contributed by atoms with Crippen molar-refractivity contribution in [3.05, 3.63) is 400 Å². The lowest BCUT2D eigenvalue weighted by molar-refractivity contribution is 1.10. The van der Waals surface area contributed by atoms with E-state index in [0.717, 1.165) is 140 Å². The molecule has 23 aromatic rings. The maximum absolute atomic E-state index is 2.70. The summed E-state index contributed by atoms with van der Waals surface area (Å²) in [5.74, 6) is 0. The number of aromatic nitrogens is 3. The molecule has 0 spiro atoms. The molecule has 0 saturated carbocycles. The molecule has 0 amide bonds. The molecule has 25 rings (SSSR count). The van der Waals surface area contributed by atoms with Crippen LogP contribution in [0.2, 0.25) is 0 Å². The molecule has 18 aromatic carbocycles. The summed E-state index contributed by atoms with van der Waals surface area (Å²) in [5.41, 5.74) is 31.4. The molecule has 538 valence electrons. The van der Waals surface area contributed by atoms with Crippen molar-refractivity contribution in [2.24, 2.45) is 0 Å². The number of fused-ring (bicyclic) bond motifs is 19. The Kier molecular flexibility index (Phi) is 14.3. The van der Waals surface area contributed by atoms with Gasteiger partial charge in [0.25, 0.3) is 6.71 Å². The maximum Gasteiger partial charge on any atom is 0.252 e. The predicted octanol–water partition coefficient (Wildman–Crippen LogP) is 28.1. The van der Waals surface area contributed by atoms with Gasteiger partial charge in [-0.3, -0.25) is 0 Å². The first kappa shape index (κ1) is 65.1. The Morgan fingerprint density at radius 2 is 0.474 bits per heavy atom. The minimum Gasteiger partial charge on any atom is -0.311 e. The SMILES string of the molecule is c1ccc(-c2cc(-c3ccccc3)cc(N3c4cc5c(cc4B4c6cc7sc8ccccc8c7cc6N(c6cc(-c7ccccc7)cc(-c7ccccc7)c6)c6cc(-c7c(-n8c9ccccc9c9ccccc98)cc(-n8c9ccccc9c9ccccc98)cc7-n7c8ccccc8c8ccccc87)cc3c64)sc3ccccc35)c2)cc1. The van der Waals surface area contributed by atoms with E-state index in [1.165, 1.54) is 89.1 Å². The predicted molar refractivity (Wildman–Crippen MR) is 496 cm³/mol. The van der Waals surface area contributed by atoms with E-state index in [-0.39, 0.29) is 6.71 Å². The van der Waals surface area contributed by atoms with Crippen molar-refractivity contribution in [3.8, 4) is 72.7 Å². The number of hydrogen-bond acceptors (Lipinski definition) is 4. The van der Waals surface area contributed by atoms with Gasteiger partial charge in [-0.1, -0.05) is 267 Å². The van der Waals surface area contributed by atoms with Crippen molar-refractivity contribution in [2.75, 3.05) is 9.80 Å². The van der Waals surface area contributed by atoms with Gasteiger partial charge in [0, 0.05) is 112 Å². The summed E-state index contributed by atoms with van der Waals surface area (Å²) >= 11 is 3.80. The van der Waals surface area contributed by atoms with Crippen molar-refractivity contribution in [2.45, 2.75) is 0 Å². The van der Waals surface area contributed by atoms with E-state index in [1.54, 1.807) is 0 Å². The van der Waals surface area contributed by atoms with Crippen LogP contribution in [-0.4, -0.2) is 20.4 Å². The number of rotatable bonds is 10. The van der Waals surface area contributed by atoms with E-state index < -0.39 is 0 Å². The quantitative estimate of drug-likeness (QED) is 0.127. The fourth-order valence-corrected chi connectivity index (χ4v) is 22.0. The number of anilines is 6. The molecule has 5 nitrogen and oxygen atoms in total. The van der Waals surface area contributed by atoms with Gasteiger partial charge in [0.2, 0.25) is 0 Å². The standard InChI is InChI=1S/C108H66BN5S2/c1-5-29-67(30-6-1)71-53-72(68-31-7-2-8-32-68)56-76(55-71)111-97-63-87-85-43-19-27-51-103(85)115-105(87)65-89(97)109-90-66-106-88(86-44-20-28-52-104(86)116-106)64-98(90)112(77-57-73(69-33-9-3-10-34-69)54-74(58-77)70-35-11-4-12-36-70)102-60-75(59-101(111)108(102)109)107-99(113-93-47-23-15-39-81(93)82-40-16-24-48-94(82)113)61-78(110-91-45-21-13-37-79(91)80-38-14-22-46-92(80)110)62-100(107)114-95-49-25-17-41-83(95)84-42-18-26-50-96(84)114/h1-66H. The molecule has 0 N–H and O–H groups in total. The molecule has 0 bridgehead atoms. The molecule has 0 saturated heterocycles. The van der Waals surface area contributed by atoms with Crippen LogP contribution in [0.5, 0.6) is 0 Å². The zero-order chi connectivity index (χ0) is 75.8.